The Labute approximate surface area is 145 Å². The van der Waals surface area contributed by atoms with Crippen molar-refractivity contribution >= 4 is 54.5 Å². The summed E-state index contributed by atoms with van der Waals surface area (Å²) in [6, 6.07) is 12.3. The second kappa shape index (κ2) is 6.11. The van der Waals surface area contributed by atoms with Gasteiger partial charge in [0.15, 0.2) is 0 Å². The highest BCUT2D eigenvalue weighted by Gasteiger charge is 2.17. The number of nitrogens with zero attached hydrogens (tertiary/aromatic N) is 2. The Bertz CT molecular complexity index is 791. The van der Waals surface area contributed by atoms with E-state index in [1.165, 1.54) is 5.56 Å². The lowest BCUT2D eigenvalue weighted by atomic mass is 10.2. The molecule has 1 aromatic heterocycles. The zero-order valence-corrected chi connectivity index (χ0v) is 15.3. The van der Waals surface area contributed by atoms with Gasteiger partial charge in [0.05, 0.1) is 16.7 Å². The Hall–Kier alpha value is -0.840. The third-order valence-corrected chi connectivity index (χ3v) is 4.90. The van der Waals surface area contributed by atoms with Gasteiger partial charge in [0.1, 0.15) is 5.82 Å². The normalized spacial score (nSPS) is 11.2. The average Bonchev–Trinajstić information content (AvgIpc) is 2.80. The van der Waals surface area contributed by atoms with E-state index in [0.29, 0.717) is 5.88 Å². The molecule has 0 spiro atoms. The minimum Gasteiger partial charge on any atom is -0.294 e. The number of alkyl halides is 1. The molecular weight excluding hydrogens is 415 g/mol. The van der Waals surface area contributed by atoms with Crippen molar-refractivity contribution in [2.75, 3.05) is 5.88 Å². The number of hydrogen-bond acceptors (Lipinski definition) is 1. The first-order valence-corrected chi connectivity index (χ1v) is 8.73. The van der Waals surface area contributed by atoms with Gasteiger partial charge in [-0.3, -0.25) is 4.57 Å². The molecule has 0 N–H and O–H groups in total. The van der Waals surface area contributed by atoms with Gasteiger partial charge in [-0.25, -0.2) is 4.98 Å². The third kappa shape index (κ3) is 2.65. The molecule has 0 fully saturated rings. The zero-order chi connectivity index (χ0) is 15.0. The maximum atomic E-state index is 5.97. The summed E-state index contributed by atoms with van der Waals surface area (Å²) in [5.41, 5.74) is 4.36. The van der Waals surface area contributed by atoms with E-state index in [0.717, 1.165) is 37.9 Å². The maximum Gasteiger partial charge on any atom is 0.115 e. The van der Waals surface area contributed by atoms with E-state index in [1.807, 2.05) is 18.2 Å². The van der Waals surface area contributed by atoms with Gasteiger partial charge in [0.2, 0.25) is 0 Å². The Morgan fingerprint density at radius 2 is 1.76 bits per heavy atom. The van der Waals surface area contributed by atoms with Gasteiger partial charge in [0.25, 0.3) is 0 Å². The number of aromatic nitrogens is 2. The van der Waals surface area contributed by atoms with Crippen LogP contribution in [0.2, 0.25) is 0 Å². The maximum absolute atomic E-state index is 5.97. The lowest BCUT2D eigenvalue weighted by Crippen LogP contribution is -2.03. The number of para-hydroxylation sites is 2. The van der Waals surface area contributed by atoms with E-state index >= 15 is 0 Å². The molecule has 0 saturated carbocycles. The third-order valence-electron chi connectivity index (χ3n) is 3.44. The van der Waals surface area contributed by atoms with Crippen LogP contribution in [0.3, 0.4) is 0 Å². The summed E-state index contributed by atoms with van der Waals surface area (Å²) < 4.78 is 4.22. The molecule has 0 radical (unpaired) electrons. The number of rotatable bonds is 3. The van der Waals surface area contributed by atoms with Crippen molar-refractivity contribution in [3.63, 3.8) is 0 Å². The number of halogens is 3. The predicted octanol–water partition coefficient (Wildman–Crippen LogP) is 5.64. The summed E-state index contributed by atoms with van der Waals surface area (Å²) >= 11 is 13.3. The Balaban J connectivity index is 2.40. The van der Waals surface area contributed by atoms with E-state index in [4.69, 9.17) is 16.6 Å². The summed E-state index contributed by atoms with van der Waals surface area (Å²) in [7, 11) is 0. The standard InChI is InChI=1S/C16H13Br2ClN2/c1-10-4-2-7-13-15(10)20-14(8-9-19)21(13)16-11(17)5-3-6-12(16)18/h2-7H,8-9H2,1H3. The van der Waals surface area contributed by atoms with Crippen molar-refractivity contribution in [2.24, 2.45) is 0 Å². The van der Waals surface area contributed by atoms with Crippen LogP contribution in [0.25, 0.3) is 16.7 Å². The highest BCUT2D eigenvalue weighted by molar-refractivity contribution is 9.11. The van der Waals surface area contributed by atoms with Gasteiger partial charge in [-0.05, 0) is 62.5 Å². The highest BCUT2D eigenvalue weighted by atomic mass is 79.9. The van der Waals surface area contributed by atoms with Crippen LogP contribution in [0.15, 0.2) is 45.3 Å². The van der Waals surface area contributed by atoms with Crippen LogP contribution < -0.4 is 0 Å². The molecule has 0 amide bonds. The molecule has 3 rings (SSSR count). The van der Waals surface area contributed by atoms with E-state index < -0.39 is 0 Å². The highest BCUT2D eigenvalue weighted by Crippen LogP contribution is 2.33. The minimum absolute atomic E-state index is 0.546. The molecule has 0 bridgehead atoms. The minimum atomic E-state index is 0.546. The van der Waals surface area contributed by atoms with Crippen LogP contribution in [0.5, 0.6) is 0 Å². The molecule has 0 aliphatic rings. The molecule has 21 heavy (non-hydrogen) atoms. The van der Waals surface area contributed by atoms with Crippen molar-refractivity contribution < 1.29 is 0 Å². The van der Waals surface area contributed by atoms with Gasteiger partial charge in [-0.2, -0.15) is 0 Å². The topological polar surface area (TPSA) is 17.8 Å². The quantitative estimate of drug-likeness (QED) is 0.494. The summed E-state index contributed by atoms with van der Waals surface area (Å²) in [6.45, 7) is 2.08. The fourth-order valence-electron chi connectivity index (χ4n) is 2.49. The van der Waals surface area contributed by atoms with Gasteiger partial charge < -0.3 is 0 Å². The van der Waals surface area contributed by atoms with E-state index in [-0.39, 0.29) is 0 Å². The van der Waals surface area contributed by atoms with Gasteiger partial charge in [-0.15, -0.1) is 11.6 Å². The average molecular weight is 429 g/mol. The number of aryl methyl sites for hydroxylation is 2. The Morgan fingerprint density at radius 1 is 1.10 bits per heavy atom. The molecule has 2 aromatic carbocycles. The molecule has 3 aromatic rings. The molecule has 0 saturated heterocycles. The largest absolute Gasteiger partial charge is 0.294 e. The van der Waals surface area contributed by atoms with Gasteiger partial charge in [0, 0.05) is 21.2 Å². The summed E-state index contributed by atoms with van der Waals surface area (Å²) in [5.74, 6) is 1.52. The fourth-order valence-corrected chi connectivity index (χ4v) is 4.01. The smallest absolute Gasteiger partial charge is 0.115 e. The summed E-state index contributed by atoms with van der Waals surface area (Å²) in [6.07, 6.45) is 0.726. The van der Waals surface area contributed by atoms with Crippen molar-refractivity contribution in [1.29, 1.82) is 0 Å². The van der Waals surface area contributed by atoms with Crippen LogP contribution in [0.1, 0.15) is 11.4 Å². The van der Waals surface area contributed by atoms with Crippen molar-refractivity contribution in [1.82, 2.24) is 9.55 Å². The van der Waals surface area contributed by atoms with E-state index in [1.54, 1.807) is 0 Å². The molecule has 2 nitrogen and oxygen atoms in total. The van der Waals surface area contributed by atoms with Crippen LogP contribution in [0, 0.1) is 6.92 Å². The number of imidazole rings is 1. The second-order valence-electron chi connectivity index (χ2n) is 4.82. The Kier molecular flexibility index (Phi) is 4.38. The van der Waals surface area contributed by atoms with Crippen molar-refractivity contribution in [2.45, 2.75) is 13.3 Å². The first kappa shape index (κ1) is 15.1. The lowest BCUT2D eigenvalue weighted by Gasteiger charge is -2.13. The van der Waals surface area contributed by atoms with Crippen LogP contribution in [0.4, 0.5) is 0 Å². The molecule has 5 heteroatoms. The molecule has 0 atom stereocenters. The fraction of sp³-hybridized carbons (Fsp3) is 0.188. The van der Waals surface area contributed by atoms with Gasteiger partial charge in [-0.1, -0.05) is 18.2 Å². The number of benzene rings is 2. The van der Waals surface area contributed by atoms with Crippen LogP contribution >= 0.6 is 43.5 Å². The molecule has 0 aliphatic carbocycles. The monoisotopic (exact) mass is 426 g/mol. The SMILES string of the molecule is Cc1cccc2c1nc(CCCl)n2-c1c(Br)cccc1Br. The number of hydrogen-bond donors (Lipinski definition) is 0. The van der Waals surface area contributed by atoms with Crippen molar-refractivity contribution in [3.8, 4) is 5.69 Å². The van der Waals surface area contributed by atoms with Crippen LogP contribution in [-0.4, -0.2) is 15.4 Å². The van der Waals surface area contributed by atoms with Gasteiger partial charge >= 0.3 is 0 Å². The first-order valence-electron chi connectivity index (χ1n) is 6.60. The van der Waals surface area contributed by atoms with Crippen LogP contribution in [-0.2, 0) is 6.42 Å². The lowest BCUT2D eigenvalue weighted by molar-refractivity contribution is 0.906. The molecule has 108 valence electrons. The molecule has 1 heterocycles. The molecule has 0 unspecified atom stereocenters. The predicted molar refractivity (Wildman–Crippen MR) is 95.6 cm³/mol. The Morgan fingerprint density at radius 3 is 2.43 bits per heavy atom. The van der Waals surface area contributed by atoms with E-state index in [2.05, 4.69) is 61.5 Å². The molecule has 0 aliphatic heterocycles. The number of fused-ring (bicyclic) bond motifs is 1. The first-order chi connectivity index (χ1) is 10.1. The second-order valence-corrected chi connectivity index (χ2v) is 6.90. The molecular formula is C16H13Br2ClN2. The van der Waals surface area contributed by atoms with E-state index in [9.17, 15) is 0 Å². The summed E-state index contributed by atoms with van der Waals surface area (Å²) in [5, 5.41) is 0. The van der Waals surface area contributed by atoms with Crippen molar-refractivity contribution in [3.05, 3.63) is 56.7 Å². The zero-order valence-electron chi connectivity index (χ0n) is 11.4. The summed E-state index contributed by atoms with van der Waals surface area (Å²) in [4.78, 5) is 4.80.